The largest absolute Gasteiger partial charge is 0.462 e. The van der Waals surface area contributed by atoms with E-state index in [0.29, 0.717) is 39.3 Å². The highest BCUT2D eigenvalue weighted by molar-refractivity contribution is 5.97. The Morgan fingerprint density at radius 3 is 2.68 bits per heavy atom. The van der Waals surface area contributed by atoms with Crippen LogP contribution >= 0.6 is 0 Å². The van der Waals surface area contributed by atoms with Crippen LogP contribution in [0.3, 0.4) is 0 Å². The van der Waals surface area contributed by atoms with Gasteiger partial charge in [0.1, 0.15) is 18.5 Å². The smallest absolute Gasteiger partial charge is 0.318 e. The van der Waals surface area contributed by atoms with Crippen LogP contribution in [0.25, 0.3) is 15.6 Å². The molecule has 1 saturated carbocycles. The molecule has 0 bridgehead atoms. The van der Waals surface area contributed by atoms with E-state index in [4.69, 9.17) is 21.3 Å². The molecule has 0 radical (unpaired) electrons. The molecule has 10 nitrogen and oxygen atoms in total. The van der Waals surface area contributed by atoms with Crippen LogP contribution in [-0.2, 0) is 22.6 Å². The summed E-state index contributed by atoms with van der Waals surface area (Å²) in [5.41, 5.74) is 4.41. The van der Waals surface area contributed by atoms with Crippen LogP contribution < -0.4 is 14.5 Å². The molecule has 3 aliphatic rings. The van der Waals surface area contributed by atoms with E-state index in [2.05, 4.69) is 64.5 Å². The number of hydrogen-bond donors (Lipinski definition) is 0. The van der Waals surface area contributed by atoms with E-state index in [-0.39, 0.29) is 36.3 Å². The number of hydrogen-bond acceptors (Lipinski definition) is 7. The minimum absolute atomic E-state index is 0.155. The molecule has 0 unspecified atom stereocenters. The first kappa shape index (κ1) is 29.4. The fourth-order valence-corrected chi connectivity index (χ4v) is 6.43. The molecule has 2 fully saturated rings. The summed E-state index contributed by atoms with van der Waals surface area (Å²) in [6.07, 6.45) is 4.01. The molecule has 0 spiro atoms. The first-order chi connectivity index (χ1) is 21.4. The molecule has 0 N–H and O–H groups in total. The van der Waals surface area contributed by atoms with E-state index in [9.17, 15) is 9.59 Å². The quantitative estimate of drug-likeness (QED) is 0.275. The minimum Gasteiger partial charge on any atom is -0.462 e. The molecular weight excluding hydrogens is 554 g/mol. The molecule has 2 aromatic carbocycles. The number of carbonyl (C=O) groups is 2. The third kappa shape index (κ3) is 5.91. The Kier molecular flexibility index (Phi) is 8.38. The summed E-state index contributed by atoms with van der Waals surface area (Å²) in [4.78, 5) is 46.5. The third-order valence-corrected chi connectivity index (χ3v) is 8.96. The van der Waals surface area contributed by atoms with Crippen molar-refractivity contribution in [3.05, 3.63) is 77.3 Å². The maximum atomic E-state index is 12.5. The number of fused-ring (bicyclic) bond motifs is 2. The van der Waals surface area contributed by atoms with E-state index in [1.807, 2.05) is 7.05 Å². The Morgan fingerprint density at radius 1 is 1.14 bits per heavy atom. The molecular formula is C34H39N7O3. The average molecular weight is 594 g/mol. The van der Waals surface area contributed by atoms with Gasteiger partial charge in [0.2, 0.25) is 18.4 Å². The lowest BCUT2D eigenvalue weighted by molar-refractivity contribution is -0.131. The number of ether oxygens (including phenoxy) is 1. The Balaban J connectivity index is 1.30. The maximum Gasteiger partial charge on any atom is 0.318 e. The topological polar surface area (TPSA) is 86.5 Å². The number of piperazine rings is 1. The molecule has 10 heteroatoms. The summed E-state index contributed by atoms with van der Waals surface area (Å²) in [7, 11) is 1.81. The van der Waals surface area contributed by atoms with Crippen molar-refractivity contribution >= 4 is 34.1 Å². The van der Waals surface area contributed by atoms with E-state index < -0.39 is 0 Å². The monoisotopic (exact) mass is 593 g/mol. The summed E-state index contributed by atoms with van der Waals surface area (Å²) >= 11 is 0. The molecule has 228 valence electrons. The van der Waals surface area contributed by atoms with E-state index >= 15 is 0 Å². The van der Waals surface area contributed by atoms with Crippen molar-refractivity contribution in [1.82, 2.24) is 19.8 Å². The number of aromatic nitrogens is 2. The lowest BCUT2D eigenvalue weighted by atomic mass is 9.99. The zero-order valence-corrected chi connectivity index (χ0v) is 25.5. The molecule has 3 aromatic rings. The van der Waals surface area contributed by atoms with Gasteiger partial charge in [-0.2, -0.15) is 9.97 Å². The van der Waals surface area contributed by atoms with Crippen molar-refractivity contribution in [2.45, 2.75) is 38.8 Å². The van der Waals surface area contributed by atoms with Crippen molar-refractivity contribution in [2.24, 2.45) is 5.92 Å². The molecule has 44 heavy (non-hydrogen) atoms. The fourth-order valence-electron chi connectivity index (χ4n) is 6.43. The highest BCUT2D eigenvalue weighted by Gasteiger charge is 2.35. The zero-order chi connectivity index (χ0) is 30.8. The minimum atomic E-state index is -0.262. The molecule has 2 aliphatic heterocycles. The van der Waals surface area contributed by atoms with Gasteiger partial charge in [-0.3, -0.25) is 9.59 Å². The first-order valence-electron chi connectivity index (χ1n) is 15.4. The summed E-state index contributed by atoms with van der Waals surface area (Å²) in [6, 6.07) is 12.8. The van der Waals surface area contributed by atoms with Crippen molar-refractivity contribution in [3.8, 4) is 6.01 Å². The number of benzene rings is 2. The molecule has 3 heterocycles. The number of carbonyl (C=O) groups excluding carboxylic acids is 2. The van der Waals surface area contributed by atoms with Gasteiger partial charge in [0.05, 0.1) is 18.8 Å². The Morgan fingerprint density at radius 2 is 1.93 bits per heavy atom. The first-order valence-corrected chi connectivity index (χ1v) is 15.4. The van der Waals surface area contributed by atoms with Gasteiger partial charge in [-0.15, -0.1) is 0 Å². The molecule has 1 atom stereocenters. The highest BCUT2D eigenvalue weighted by atomic mass is 16.5. The van der Waals surface area contributed by atoms with Crippen molar-refractivity contribution in [2.75, 3.05) is 62.7 Å². The number of rotatable bonds is 9. The number of nitrogens with zero attached hydrogens (tertiary/aromatic N) is 7. The van der Waals surface area contributed by atoms with Gasteiger partial charge >= 0.3 is 6.01 Å². The predicted octanol–water partition coefficient (Wildman–Crippen LogP) is 3.87. The fraction of sp³-hybridized carbons (Fsp3) is 0.441. The summed E-state index contributed by atoms with van der Waals surface area (Å²) in [6.45, 7) is 17.2. The second-order valence-corrected chi connectivity index (χ2v) is 11.9. The van der Waals surface area contributed by atoms with Crippen molar-refractivity contribution in [3.63, 3.8) is 0 Å². The maximum absolute atomic E-state index is 12.5. The second-order valence-electron chi connectivity index (χ2n) is 11.9. The third-order valence-electron chi connectivity index (χ3n) is 8.96. The number of likely N-dealkylation sites (N-methyl/N-ethyl adjacent to an activating group) is 1. The van der Waals surface area contributed by atoms with Crippen LogP contribution in [0.1, 0.15) is 29.7 Å². The zero-order valence-electron chi connectivity index (χ0n) is 25.5. The SMILES string of the molecule is [C-]#[N+]C[C@H]1CN(c2nc(OCCN(C)C(=O)C3CC3)nc3c2CCN(c2cccc4cccc(C)c24)C3)CCN1C(=O)C=C. The van der Waals surface area contributed by atoms with Crippen molar-refractivity contribution in [1.29, 1.82) is 0 Å². The van der Waals surface area contributed by atoms with Crippen LogP contribution in [0, 0.1) is 19.4 Å². The molecule has 1 aliphatic carbocycles. The van der Waals surface area contributed by atoms with E-state index in [1.165, 1.54) is 28.1 Å². The number of aryl methyl sites for hydroxylation is 1. The Hall–Kier alpha value is -4.65. The van der Waals surface area contributed by atoms with Gasteiger partial charge in [0, 0.05) is 55.8 Å². The van der Waals surface area contributed by atoms with Gasteiger partial charge in [0.25, 0.3) is 0 Å². The van der Waals surface area contributed by atoms with Crippen LogP contribution in [-0.4, -0.2) is 90.5 Å². The van der Waals surface area contributed by atoms with Gasteiger partial charge in [0.15, 0.2) is 0 Å². The van der Waals surface area contributed by atoms with Crippen LogP contribution in [0.15, 0.2) is 49.1 Å². The molecule has 1 aromatic heterocycles. The standard InChI is InChI=1S/C34H39N7O3/c1-5-30(42)41-17-16-40(21-26(41)20-35-3)32-27-14-15-39(29-11-7-10-24-9-6-8-23(2)31(24)29)22-28(27)36-34(37-32)44-19-18-38(4)33(43)25-12-13-25/h5-11,25-26H,1,12-22H2,2,4H3/t26-/m0/s1. The van der Waals surface area contributed by atoms with Crippen LogP contribution in [0.2, 0.25) is 0 Å². The summed E-state index contributed by atoms with van der Waals surface area (Å²) < 4.78 is 6.12. The van der Waals surface area contributed by atoms with Gasteiger partial charge in [-0.25, -0.2) is 6.57 Å². The lowest BCUT2D eigenvalue weighted by Gasteiger charge is -2.41. The normalized spacial score (nSPS) is 18.0. The van der Waals surface area contributed by atoms with Gasteiger partial charge in [-0.05, 0) is 49.3 Å². The van der Waals surface area contributed by atoms with Gasteiger partial charge in [-0.1, -0.05) is 36.9 Å². The highest BCUT2D eigenvalue weighted by Crippen LogP contribution is 2.36. The Bertz CT molecular complexity index is 1620. The van der Waals surface area contributed by atoms with Gasteiger partial charge < -0.3 is 29.2 Å². The Labute approximate surface area is 258 Å². The molecule has 2 amide bonds. The summed E-state index contributed by atoms with van der Waals surface area (Å²) in [5.74, 6) is 0.976. The average Bonchev–Trinajstić information content (AvgIpc) is 3.89. The lowest BCUT2D eigenvalue weighted by Crippen LogP contribution is -2.56. The van der Waals surface area contributed by atoms with Crippen molar-refractivity contribution < 1.29 is 14.3 Å². The van der Waals surface area contributed by atoms with E-state index in [1.54, 1.807) is 9.80 Å². The number of anilines is 2. The molecule has 6 rings (SSSR count). The number of amides is 2. The second kappa shape index (κ2) is 12.5. The van der Waals surface area contributed by atoms with Crippen LogP contribution in [0.4, 0.5) is 11.5 Å². The molecule has 1 saturated heterocycles. The van der Waals surface area contributed by atoms with E-state index in [0.717, 1.165) is 42.9 Å². The van der Waals surface area contributed by atoms with Crippen LogP contribution in [0.5, 0.6) is 6.01 Å². The summed E-state index contributed by atoms with van der Waals surface area (Å²) in [5, 5.41) is 2.46. The predicted molar refractivity (Wildman–Crippen MR) is 171 cm³/mol.